The lowest BCUT2D eigenvalue weighted by molar-refractivity contribution is -0.0507. The van der Waals surface area contributed by atoms with Crippen LogP contribution in [0.25, 0.3) is 0 Å². The number of halogens is 2. The summed E-state index contributed by atoms with van der Waals surface area (Å²) in [6.45, 7) is -2.89. The molecule has 140 valence electrons. The molecule has 27 heavy (non-hydrogen) atoms. The third-order valence-electron chi connectivity index (χ3n) is 4.64. The number of hydrogen-bond donors (Lipinski definition) is 1. The van der Waals surface area contributed by atoms with E-state index in [1.807, 2.05) is 24.3 Å². The molecule has 0 bridgehead atoms. The minimum Gasteiger partial charge on any atom is -0.497 e. The van der Waals surface area contributed by atoms with Crippen molar-refractivity contribution in [2.24, 2.45) is 0 Å². The number of nitrogens with one attached hydrogen (secondary N) is 1. The first kappa shape index (κ1) is 17.3. The van der Waals surface area contributed by atoms with Gasteiger partial charge in [0.15, 0.2) is 0 Å². The van der Waals surface area contributed by atoms with Crippen molar-refractivity contribution >= 4 is 5.95 Å². The van der Waals surface area contributed by atoms with E-state index in [9.17, 15) is 8.78 Å². The predicted octanol–water partition coefficient (Wildman–Crippen LogP) is 4.03. The number of benzene rings is 2. The van der Waals surface area contributed by atoms with Crippen LogP contribution < -0.4 is 14.8 Å². The van der Waals surface area contributed by atoms with Crippen LogP contribution in [0.4, 0.5) is 14.7 Å². The molecule has 0 saturated heterocycles. The minimum absolute atomic E-state index is 0.0581. The summed E-state index contributed by atoms with van der Waals surface area (Å²) in [5.74, 6) is 1.50. The first-order chi connectivity index (χ1) is 13.2. The Kier molecular flexibility index (Phi) is 4.62. The van der Waals surface area contributed by atoms with E-state index in [1.165, 1.54) is 6.33 Å². The average molecular weight is 372 g/mol. The van der Waals surface area contributed by atoms with Crippen molar-refractivity contribution < 1.29 is 18.3 Å². The van der Waals surface area contributed by atoms with Crippen LogP contribution in [0.15, 0.2) is 54.9 Å². The zero-order chi connectivity index (χ0) is 18.8. The van der Waals surface area contributed by atoms with Gasteiger partial charge in [-0.15, -0.1) is 0 Å². The van der Waals surface area contributed by atoms with E-state index >= 15 is 0 Å². The predicted molar refractivity (Wildman–Crippen MR) is 95.2 cm³/mol. The number of methoxy groups -OCH3 is 1. The van der Waals surface area contributed by atoms with E-state index < -0.39 is 6.61 Å². The minimum atomic E-state index is -2.89. The van der Waals surface area contributed by atoms with Crippen LogP contribution in [0.2, 0.25) is 0 Å². The number of para-hydroxylation sites is 1. The van der Waals surface area contributed by atoms with Gasteiger partial charge in [-0.3, -0.25) is 0 Å². The van der Waals surface area contributed by atoms with Crippen LogP contribution in [-0.4, -0.2) is 28.5 Å². The van der Waals surface area contributed by atoms with Crippen LogP contribution in [-0.2, 0) is 0 Å². The Morgan fingerprint density at radius 1 is 1.15 bits per heavy atom. The molecular weight excluding hydrogens is 354 g/mol. The van der Waals surface area contributed by atoms with Crippen molar-refractivity contribution in [3.63, 3.8) is 0 Å². The number of aromatic nitrogens is 3. The molecule has 0 amide bonds. The zero-order valence-electron chi connectivity index (χ0n) is 14.5. The molecular formula is C19H18F2N4O2. The second-order valence-electron chi connectivity index (χ2n) is 6.17. The normalized spacial score (nSPS) is 18.7. The van der Waals surface area contributed by atoms with Crippen LogP contribution in [0.5, 0.6) is 11.5 Å². The summed E-state index contributed by atoms with van der Waals surface area (Å²) < 4.78 is 37.3. The van der Waals surface area contributed by atoms with Gasteiger partial charge in [0.05, 0.1) is 19.2 Å². The van der Waals surface area contributed by atoms with Gasteiger partial charge in [-0.05, 0) is 30.2 Å². The fourth-order valence-corrected chi connectivity index (χ4v) is 3.39. The van der Waals surface area contributed by atoms with Crippen LogP contribution in [0.3, 0.4) is 0 Å². The van der Waals surface area contributed by atoms with Crippen molar-refractivity contribution in [2.45, 2.75) is 25.1 Å². The third kappa shape index (κ3) is 3.42. The van der Waals surface area contributed by atoms with Gasteiger partial charge < -0.3 is 14.8 Å². The molecule has 1 aromatic heterocycles. The van der Waals surface area contributed by atoms with Gasteiger partial charge in [0.25, 0.3) is 0 Å². The molecule has 6 nitrogen and oxygen atoms in total. The maximum absolute atomic E-state index is 12.8. The highest BCUT2D eigenvalue weighted by Crippen LogP contribution is 2.40. The molecule has 0 radical (unpaired) electrons. The standard InChI is InChI=1S/C19H18F2N4O2/c1-26-13-8-6-12(7-9-13)15-10-16(25-19(24-15)22-11-23-25)14-4-2-3-5-17(14)27-18(20)21/h2-9,11,15-16,18H,10H2,1H3,(H,22,23,24)/t15-,16-/m0/s1. The Bertz CT molecular complexity index is 914. The molecule has 0 saturated carbocycles. The van der Waals surface area contributed by atoms with Gasteiger partial charge in [0, 0.05) is 5.56 Å². The van der Waals surface area contributed by atoms with Crippen molar-refractivity contribution in [3.05, 3.63) is 66.0 Å². The Morgan fingerprint density at radius 3 is 2.67 bits per heavy atom. The maximum Gasteiger partial charge on any atom is 0.387 e. The summed E-state index contributed by atoms with van der Waals surface area (Å²) in [4.78, 5) is 4.26. The van der Waals surface area contributed by atoms with Gasteiger partial charge in [0.1, 0.15) is 17.8 Å². The van der Waals surface area contributed by atoms with Gasteiger partial charge >= 0.3 is 6.61 Å². The Morgan fingerprint density at radius 2 is 1.93 bits per heavy atom. The van der Waals surface area contributed by atoms with E-state index in [1.54, 1.807) is 36.1 Å². The summed E-state index contributed by atoms with van der Waals surface area (Å²) in [5, 5.41) is 7.62. The van der Waals surface area contributed by atoms with Crippen molar-refractivity contribution in [2.75, 3.05) is 12.4 Å². The number of ether oxygens (including phenoxy) is 2. The first-order valence-electron chi connectivity index (χ1n) is 8.49. The summed E-state index contributed by atoms with van der Waals surface area (Å²) in [7, 11) is 1.62. The lowest BCUT2D eigenvalue weighted by atomic mass is 9.93. The van der Waals surface area contributed by atoms with Crippen LogP contribution in [0, 0.1) is 0 Å². The fraction of sp³-hybridized carbons (Fsp3) is 0.263. The number of hydrogen-bond acceptors (Lipinski definition) is 5. The van der Waals surface area contributed by atoms with Gasteiger partial charge in [-0.1, -0.05) is 30.3 Å². The second-order valence-corrected chi connectivity index (χ2v) is 6.17. The second kappa shape index (κ2) is 7.22. The first-order valence-corrected chi connectivity index (χ1v) is 8.49. The van der Waals surface area contributed by atoms with Gasteiger partial charge in [-0.25, -0.2) is 4.68 Å². The molecule has 1 N–H and O–H groups in total. The number of alkyl halides is 2. The van der Waals surface area contributed by atoms with E-state index in [4.69, 9.17) is 9.47 Å². The third-order valence-corrected chi connectivity index (χ3v) is 4.64. The van der Waals surface area contributed by atoms with Gasteiger partial charge in [-0.2, -0.15) is 18.9 Å². The van der Waals surface area contributed by atoms with Crippen molar-refractivity contribution in [3.8, 4) is 11.5 Å². The molecule has 2 heterocycles. The highest BCUT2D eigenvalue weighted by molar-refractivity contribution is 5.43. The quantitative estimate of drug-likeness (QED) is 0.733. The zero-order valence-corrected chi connectivity index (χ0v) is 14.5. The smallest absolute Gasteiger partial charge is 0.387 e. The molecule has 4 rings (SSSR count). The van der Waals surface area contributed by atoms with E-state index in [0.717, 1.165) is 11.3 Å². The highest BCUT2D eigenvalue weighted by Gasteiger charge is 2.32. The summed E-state index contributed by atoms with van der Waals surface area (Å²) in [6.07, 6.45) is 2.05. The lowest BCUT2D eigenvalue weighted by Crippen LogP contribution is -2.28. The monoisotopic (exact) mass is 372 g/mol. The molecule has 0 spiro atoms. The summed E-state index contributed by atoms with van der Waals surface area (Å²) >= 11 is 0. The molecule has 2 aromatic carbocycles. The highest BCUT2D eigenvalue weighted by atomic mass is 19.3. The molecule has 0 unspecified atom stereocenters. The van der Waals surface area contributed by atoms with E-state index in [2.05, 4.69) is 15.4 Å². The molecule has 1 aliphatic heterocycles. The number of rotatable bonds is 5. The number of anilines is 1. The molecule has 2 atom stereocenters. The molecule has 0 fully saturated rings. The topological polar surface area (TPSA) is 61.2 Å². The maximum atomic E-state index is 12.8. The molecule has 0 aliphatic carbocycles. The van der Waals surface area contributed by atoms with Crippen molar-refractivity contribution in [1.82, 2.24) is 14.8 Å². The molecule has 8 heteroatoms. The Labute approximate surface area is 154 Å². The van der Waals surface area contributed by atoms with Gasteiger partial charge in [0.2, 0.25) is 5.95 Å². The fourth-order valence-electron chi connectivity index (χ4n) is 3.39. The van der Waals surface area contributed by atoms with Crippen LogP contribution in [0.1, 0.15) is 29.6 Å². The van der Waals surface area contributed by atoms with Crippen molar-refractivity contribution in [1.29, 1.82) is 0 Å². The Hall–Kier alpha value is -3.16. The van der Waals surface area contributed by atoms with E-state index in [-0.39, 0.29) is 17.8 Å². The Balaban J connectivity index is 1.70. The summed E-state index contributed by atoms with van der Waals surface area (Å²) in [6, 6.07) is 14.2. The molecule has 3 aromatic rings. The molecule has 1 aliphatic rings. The summed E-state index contributed by atoms with van der Waals surface area (Å²) in [5.41, 5.74) is 1.69. The number of fused-ring (bicyclic) bond motifs is 1. The van der Waals surface area contributed by atoms with E-state index in [0.29, 0.717) is 17.9 Å². The van der Waals surface area contributed by atoms with Crippen LogP contribution >= 0.6 is 0 Å². The lowest BCUT2D eigenvalue weighted by Gasteiger charge is -2.32. The largest absolute Gasteiger partial charge is 0.497 e. The number of nitrogens with zero attached hydrogens (tertiary/aromatic N) is 3. The SMILES string of the molecule is COc1ccc([C@@H]2C[C@@H](c3ccccc3OC(F)F)n3ncnc3N2)cc1. The average Bonchev–Trinajstić information content (AvgIpc) is 3.16.